The Morgan fingerprint density at radius 2 is 1.90 bits per heavy atom. The zero-order chi connectivity index (χ0) is 15.5. The topological polar surface area (TPSA) is 47.3 Å². The van der Waals surface area contributed by atoms with Crippen molar-refractivity contribution in [1.29, 1.82) is 5.26 Å². The smallest absolute Gasteiger partial charge is 0.0635 e. The number of aliphatic hydroxyl groups is 1. The summed E-state index contributed by atoms with van der Waals surface area (Å²) in [6, 6.07) is 10.4. The molecule has 3 heteroatoms. The normalized spacial score (nSPS) is 10.3. The van der Waals surface area contributed by atoms with Gasteiger partial charge in [0.15, 0.2) is 0 Å². The van der Waals surface area contributed by atoms with Crippen LogP contribution in [-0.4, -0.2) is 29.7 Å². The number of nitriles is 1. The average Bonchev–Trinajstić information content (AvgIpc) is 2.46. The summed E-state index contributed by atoms with van der Waals surface area (Å²) in [4.78, 5) is 2.32. The van der Waals surface area contributed by atoms with E-state index in [4.69, 9.17) is 10.4 Å². The molecule has 0 saturated heterocycles. The Morgan fingerprint density at radius 1 is 1.19 bits per heavy atom. The SMILES string of the molecule is CC(C)CN(CCC#N)Cc1ccc(C#CCCO)cc1. The van der Waals surface area contributed by atoms with Gasteiger partial charge in [0.1, 0.15) is 0 Å². The first-order valence-electron chi connectivity index (χ1n) is 7.43. The molecule has 0 saturated carbocycles. The molecule has 0 amide bonds. The van der Waals surface area contributed by atoms with Crippen molar-refractivity contribution in [2.75, 3.05) is 19.7 Å². The Bertz CT molecular complexity index is 503. The molecule has 0 bridgehead atoms. The van der Waals surface area contributed by atoms with Gasteiger partial charge in [-0.15, -0.1) is 0 Å². The summed E-state index contributed by atoms with van der Waals surface area (Å²) in [5, 5.41) is 17.4. The Labute approximate surface area is 128 Å². The maximum absolute atomic E-state index is 8.74. The summed E-state index contributed by atoms with van der Waals surface area (Å²) in [7, 11) is 0. The second-order valence-corrected chi connectivity index (χ2v) is 5.51. The summed E-state index contributed by atoms with van der Waals surface area (Å²) in [6.45, 7) is 7.17. The fraction of sp³-hybridized carbons (Fsp3) is 0.500. The summed E-state index contributed by atoms with van der Waals surface area (Å²) in [5.41, 5.74) is 2.21. The van der Waals surface area contributed by atoms with E-state index in [2.05, 4.69) is 48.8 Å². The molecule has 1 rings (SSSR count). The molecule has 0 heterocycles. The van der Waals surface area contributed by atoms with Crippen molar-refractivity contribution in [3.63, 3.8) is 0 Å². The molecule has 0 aliphatic heterocycles. The molecule has 0 unspecified atom stereocenters. The number of benzene rings is 1. The second kappa shape index (κ2) is 10.00. The quantitative estimate of drug-likeness (QED) is 0.783. The van der Waals surface area contributed by atoms with Crippen molar-refractivity contribution in [3.05, 3.63) is 35.4 Å². The van der Waals surface area contributed by atoms with E-state index in [0.29, 0.717) is 18.8 Å². The fourth-order valence-corrected chi connectivity index (χ4v) is 2.13. The van der Waals surface area contributed by atoms with E-state index in [-0.39, 0.29) is 6.61 Å². The van der Waals surface area contributed by atoms with Crippen LogP contribution in [0.4, 0.5) is 0 Å². The van der Waals surface area contributed by atoms with Gasteiger partial charge in [-0.25, -0.2) is 0 Å². The van der Waals surface area contributed by atoms with Gasteiger partial charge in [-0.3, -0.25) is 4.90 Å². The van der Waals surface area contributed by atoms with E-state index in [1.54, 1.807) is 0 Å². The van der Waals surface area contributed by atoms with Crippen LogP contribution in [0.3, 0.4) is 0 Å². The molecular formula is C18H24N2O. The highest BCUT2D eigenvalue weighted by Crippen LogP contribution is 2.09. The van der Waals surface area contributed by atoms with Crippen LogP contribution in [0.1, 0.15) is 37.8 Å². The first kappa shape index (κ1) is 17.2. The van der Waals surface area contributed by atoms with Crippen LogP contribution in [0.15, 0.2) is 24.3 Å². The third-order valence-electron chi connectivity index (χ3n) is 2.99. The van der Waals surface area contributed by atoms with Crippen molar-refractivity contribution < 1.29 is 5.11 Å². The standard InChI is InChI=1S/C18H24N2O/c1-16(2)14-20(12-5-11-19)15-18-9-7-17(8-10-18)6-3-4-13-21/h7-10,16,21H,4-5,12-15H2,1-2H3. The molecule has 0 aliphatic carbocycles. The third-order valence-corrected chi connectivity index (χ3v) is 2.99. The molecule has 1 N–H and O–H groups in total. The molecule has 0 fully saturated rings. The summed E-state index contributed by atoms with van der Waals surface area (Å²) in [6.07, 6.45) is 1.08. The minimum atomic E-state index is 0.105. The van der Waals surface area contributed by atoms with Crippen molar-refractivity contribution >= 4 is 0 Å². The highest BCUT2D eigenvalue weighted by atomic mass is 16.2. The monoisotopic (exact) mass is 284 g/mol. The molecule has 21 heavy (non-hydrogen) atoms. The molecule has 0 aromatic heterocycles. The lowest BCUT2D eigenvalue weighted by atomic mass is 10.1. The van der Waals surface area contributed by atoms with Crippen LogP contribution >= 0.6 is 0 Å². The van der Waals surface area contributed by atoms with Gasteiger partial charge in [0.2, 0.25) is 0 Å². The van der Waals surface area contributed by atoms with Crippen molar-refractivity contribution in [1.82, 2.24) is 4.90 Å². The minimum Gasteiger partial charge on any atom is -0.395 e. The maximum atomic E-state index is 8.74. The molecule has 3 nitrogen and oxygen atoms in total. The predicted octanol–water partition coefficient (Wildman–Crippen LogP) is 2.79. The molecule has 0 radical (unpaired) electrons. The molecule has 1 aromatic carbocycles. The molecular weight excluding hydrogens is 260 g/mol. The summed E-state index contributed by atoms with van der Waals surface area (Å²) < 4.78 is 0. The second-order valence-electron chi connectivity index (χ2n) is 5.51. The van der Waals surface area contributed by atoms with Gasteiger partial charge in [-0.2, -0.15) is 5.26 Å². The van der Waals surface area contributed by atoms with Crippen LogP contribution in [0.5, 0.6) is 0 Å². The van der Waals surface area contributed by atoms with Crippen LogP contribution < -0.4 is 0 Å². The van der Waals surface area contributed by atoms with E-state index < -0.39 is 0 Å². The largest absolute Gasteiger partial charge is 0.395 e. The number of hydrogen-bond donors (Lipinski definition) is 1. The number of aliphatic hydroxyl groups excluding tert-OH is 1. The van der Waals surface area contributed by atoms with Crippen molar-refractivity contribution in [3.8, 4) is 17.9 Å². The Kier molecular flexibility index (Phi) is 8.21. The Morgan fingerprint density at radius 3 is 2.48 bits per heavy atom. The Balaban J connectivity index is 2.63. The Hall–Kier alpha value is -1.81. The van der Waals surface area contributed by atoms with Gasteiger partial charge in [-0.05, 0) is 23.6 Å². The van der Waals surface area contributed by atoms with E-state index in [9.17, 15) is 0 Å². The zero-order valence-electron chi connectivity index (χ0n) is 13.0. The predicted molar refractivity (Wildman–Crippen MR) is 85.4 cm³/mol. The first-order valence-corrected chi connectivity index (χ1v) is 7.43. The molecule has 112 valence electrons. The average molecular weight is 284 g/mol. The first-order chi connectivity index (χ1) is 10.2. The van der Waals surface area contributed by atoms with Gasteiger partial charge in [-0.1, -0.05) is 37.8 Å². The maximum Gasteiger partial charge on any atom is 0.0635 e. The number of hydrogen-bond acceptors (Lipinski definition) is 3. The van der Waals surface area contributed by atoms with Gasteiger partial charge in [0.25, 0.3) is 0 Å². The highest BCUT2D eigenvalue weighted by Gasteiger charge is 2.07. The minimum absolute atomic E-state index is 0.105. The molecule has 1 aromatic rings. The summed E-state index contributed by atoms with van der Waals surface area (Å²) >= 11 is 0. The lowest BCUT2D eigenvalue weighted by molar-refractivity contribution is 0.241. The number of nitrogens with zero attached hydrogens (tertiary/aromatic N) is 2. The molecule has 0 aliphatic rings. The van der Waals surface area contributed by atoms with E-state index in [1.165, 1.54) is 5.56 Å². The van der Waals surface area contributed by atoms with Crippen molar-refractivity contribution in [2.45, 2.75) is 33.2 Å². The molecule has 0 atom stereocenters. The van der Waals surface area contributed by atoms with Crippen molar-refractivity contribution in [2.24, 2.45) is 5.92 Å². The van der Waals surface area contributed by atoms with Gasteiger partial charge >= 0.3 is 0 Å². The van der Waals surface area contributed by atoms with E-state index in [1.807, 2.05) is 12.1 Å². The zero-order valence-corrected chi connectivity index (χ0v) is 13.0. The van der Waals surface area contributed by atoms with Gasteiger partial charge < -0.3 is 5.11 Å². The lowest BCUT2D eigenvalue weighted by Gasteiger charge is -2.23. The van der Waals surface area contributed by atoms with Crippen LogP contribution in [-0.2, 0) is 6.54 Å². The van der Waals surface area contributed by atoms with Crippen LogP contribution in [0, 0.1) is 29.1 Å². The number of rotatable bonds is 7. The van der Waals surface area contributed by atoms with Crippen LogP contribution in [0.2, 0.25) is 0 Å². The molecule has 0 spiro atoms. The van der Waals surface area contributed by atoms with E-state index in [0.717, 1.165) is 25.2 Å². The van der Waals surface area contributed by atoms with Gasteiger partial charge in [0, 0.05) is 38.0 Å². The lowest BCUT2D eigenvalue weighted by Crippen LogP contribution is -2.28. The van der Waals surface area contributed by atoms with E-state index >= 15 is 0 Å². The van der Waals surface area contributed by atoms with Crippen LogP contribution in [0.25, 0.3) is 0 Å². The summed E-state index contributed by atoms with van der Waals surface area (Å²) in [5.74, 6) is 6.54. The van der Waals surface area contributed by atoms with Gasteiger partial charge in [0.05, 0.1) is 12.7 Å². The highest BCUT2D eigenvalue weighted by molar-refractivity contribution is 5.36. The fourth-order valence-electron chi connectivity index (χ4n) is 2.13. The third kappa shape index (κ3) is 7.51.